The lowest BCUT2D eigenvalue weighted by Gasteiger charge is -2.24. The van der Waals surface area contributed by atoms with E-state index >= 15 is 0 Å². The Hall–Kier alpha value is -2.26. The standard InChI is InChI=1S/C21H25N3O4S2/c1-10-6-16(10)12(3)24-9-15-7-14(8-17(30(5,27)28)18(15)20(24)26)19-11(2)22-21(29-19)23-13(4)25/h7-8,10,12,16H,6,9H2,1-5H3,(H,22,23,25)/t10?,12-,16?/m0/s1. The summed E-state index contributed by atoms with van der Waals surface area (Å²) in [4.78, 5) is 31.6. The highest BCUT2D eigenvalue weighted by molar-refractivity contribution is 7.90. The van der Waals surface area contributed by atoms with Gasteiger partial charge in [-0.3, -0.25) is 9.59 Å². The van der Waals surface area contributed by atoms with E-state index in [1.807, 2.05) is 19.9 Å². The maximum absolute atomic E-state index is 13.2. The molecule has 0 bridgehead atoms. The summed E-state index contributed by atoms with van der Waals surface area (Å²) < 4.78 is 25.2. The SMILES string of the molecule is CC(=O)Nc1nc(C)c(-c2cc3c(c(S(C)(=O)=O)c2)C(=O)N([C@@H](C)C2CC2C)C3)s1. The van der Waals surface area contributed by atoms with Crippen LogP contribution in [0.15, 0.2) is 17.0 Å². The van der Waals surface area contributed by atoms with Crippen LogP contribution in [0.3, 0.4) is 0 Å². The van der Waals surface area contributed by atoms with Crippen molar-refractivity contribution >= 4 is 38.1 Å². The van der Waals surface area contributed by atoms with E-state index in [0.717, 1.165) is 23.1 Å². The summed E-state index contributed by atoms with van der Waals surface area (Å²) in [5, 5.41) is 3.14. The summed E-state index contributed by atoms with van der Waals surface area (Å²) in [6.45, 7) is 7.86. The third-order valence-corrected chi connectivity index (χ3v) is 8.27. The second-order valence-electron chi connectivity index (χ2n) is 8.45. The first-order valence-electron chi connectivity index (χ1n) is 9.90. The predicted octanol–water partition coefficient (Wildman–Crippen LogP) is 3.48. The second-order valence-corrected chi connectivity index (χ2v) is 11.4. The van der Waals surface area contributed by atoms with Gasteiger partial charge in [0.15, 0.2) is 15.0 Å². The molecule has 2 heterocycles. The number of carbonyl (C=O) groups excluding carboxylic acids is 2. The third kappa shape index (κ3) is 3.65. The fourth-order valence-corrected chi connectivity index (χ4v) is 6.24. The quantitative estimate of drug-likeness (QED) is 0.757. The normalized spacial score (nSPS) is 21.5. The maximum Gasteiger partial charge on any atom is 0.256 e. The number of hydrogen-bond acceptors (Lipinski definition) is 6. The van der Waals surface area contributed by atoms with Crippen molar-refractivity contribution in [3.05, 3.63) is 29.0 Å². The number of aryl methyl sites for hydroxylation is 1. The van der Waals surface area contributed by atoms with Crippen molar-refractivity contribution in [2.45, 2.75) is 51.6 Å². The van der Waals surface area contributed by atoms with Gasteiger partial charge < -0.3 is 10.2 Å². The number of fused-ring (bicyclic) bond motifs is 1. The largest absolute Gasteiger partial charge is 0.331 e. The van der Waals surface area contributed by atoms with Crippen LogP contribution in [0.5, 0.6) is 0 Å². The van der Waals surface area contributed by atoms with Crippen molar-refractivity contribution < 1.29 is 18.0 Å². The summed E-state index contributed by atoms with van der Waals surface area (Å²) in [7, 11) is -3.61. The first kappa shape index (κ1) is 21.0. The Balaban J connectivity index is 1.80. The topological polar surface area (TPSA) is 96.4 Å². The van der Waals surface area contributed by atoms with Crippen LogP contribution in [0.2, 0.25) is 0 Å². The highest BCUT2D eigenvalue weighted by Crippen LogP contribution is 2.45. The minimum atomic E-state index is -3.61. The molecule has 9 heteroatoms. The monoisotopic (exact) mass is 447 g/mol. The van der Waals surface area contributed by atoms with E-state index in [1.165, 1.54) is 18.3 Å². The van der Waals surface area contributed by atoms with Crippen molar-refractivity contribution in [1.29, 1.82) is 0 Å². The molecule has 0 spiro atoms. The van der Waals surface area contributed by atoms with Crippen molar-refractivity contribution in [1.82, 2.24) is 9.88 Å². The smallest absolute Gasteiger partial charge is 0.256 e. The van der Waals surface area contributed by atoms with Crippen molar-refractivity contribution in [3.8, 4) is 10.4 Å². The Kier molecular flexibility index (Phi) is 5.01. The van der Waals surface area contributed by atoms with E-state index in [2.05, 4.69) is 17.2 Å². The predicted molar refractivity (Wildman–Crippen MR) is 116 cm³/mol. The molecule has 1 aromatic heterocycles. The number of rotatable bonds is 5. The molecule has 2 aliphatic rings. The number of nitrogens with one attached hydrogen (secondary N) is 1. The lowest BCUT2D eigenvalue weighted by Crippen LogP contribution is -2.35. The molecule has 3 atom stereocenters. The van der Waals surface area contributed by atoms with Gasteiger partial charge in [-0.25, -0.2) is 13.4 Å². The molecule has 2 aromatic rings. The van der Waals surface area contributed by atoms with Crippen molar-refractivity contribution in [3.63, 3.8) is 0 Å². The zero-order chi connectivity index (χ0) is 22.0. The van der Waals surface area contributed by atoms with Crippen LogP contribution in [0.4, 0.5) is 5.13 Å². The molecule has 1 aliphatic carbocycles. The average molecular weight is 448 g/mol. The molecule has 1 saturated carbocycles. The van der Waals surface area contributed by atoms with E-state index in [1.54, 1.807) is 11.0 Å². The Bertz CT molecular complexity index is 1170. The van der Waals surface area contributed by atoms with Gasteiger partial charge in [-0.15, -0.1) is 0 Å². The molecule has 30 heavy (non-hydrogen) atoms. The van der Waals surface area contributed by atoms with Crippen LogP contribution in [0.1, 0.15) is 48.8 Å². The Morgan fingerprint density at radius 2 is 2.03 bits per heavy atom. The summed E-state index contributed by atoms with van der Waals surface area (Å²) >= 11 is 1.29. The van der Waals surface area contributed by atoms with Gasteiger partial charge in [0, 0.05) is 25.8 Å². The molecule has 1 aromatic carbocycles. The number of sulfone groups is 1. The highest BCUT2D eigenvalue weighted by Gasteiger charge is 2.44. The molecule has 1 aliphatic heterocycles. The Morgan fingerprint density at radius 1 is 1.37 bits per heavy atom. The zero-order valence-corrected chi connectivity index (χ0v) is 19.3. The van der Waals surface area contributed by atoms with Gasteiger partial charge in [0.2, 0.25) is 5.91 Å². The maximum atomic E-state index is 13.2. The van der Waals surface area contributed by atoms with Gasteiger partial charge >= 0.3 is 0 Å². The Morgan fingerprint density at radius 3 is 2.60 bits per heavy atom. The number of benzene rings is 1. The van der Waals surface area contributed by atoms with E-state index in [-0.39, 0.29) is 22.8 Å². The lowest BCUT2D eigenvalue weighted by atomic mass is 10.0. The summed E-state index contributed by atoms with van der Waals surface area (Å²) in [5.41, 5.74) is 2.42. The fourth-order valence-electron chi connectivity index (χ4n) is 4.31. The van der Waals surface area contributed by atoms with Gasteiger partial charge in [-0.2, -0.15) is 0 Å². The Labute approximate surface area is 180 Å². The van der Waals surface area contributed by atoms with Gasteiger partial charge in [0.25, 0.3) is 5.91 Å². The molecule has 160 valence electrons. The lowest BCUT2D eigenvalue weighted by molar-refractivity contribution is -0.114. The molecule has 2 amide bonds. The number of nitrogens with zero attached hydrogens (tertiary/aromatic N) is 2. The van der Waals surface area contributed by atoms with Gasteiger partial charge in [0.1, 0.15) is 0 Å². The zero-order valence-electron chi connectivity index (χ0n) is 17.6. The molecule has 0 radical (unpaired) electrons. The van der Waals surface area contributed by atoms with Crippen LogP contribution >= 0.6 is 11.3 Å². The van der Waals surface area contributed by atoms with Crippen LogP contribution in [0, 0.1) is 18.8 Å². The molecule has 1 fully saturated rings. The van der Waals surface area contributed by atoms with Crippen LogP contribution in [0.25, 0.3) is 10.4 Å². The van der Waals surface area contributed by atoms with E-state index in [4.69, 9.17) is 0 Å². The minimum Gasteiger partial charge on any atom is -0.331 e. The van der Waals surface area contributed by atoms with E-state index in [9.17, 15) is 18.0 Å². The summed E-state index contributed by atoms with van der Waals surface area (Å²) in [5.74, 6) is 0.635. The molecule has 2 unspecified atom stereocenters. The van der Waals surface area contributed by atoms with Gasteiger partial charge in [-0.05, 0) is 55.4 Å². The minimum absolute atomic E-state index is 0.0624. The third-order valence-electron chi connectivity index (χ3n) is 6.02. The molecule has 4 rings (SSSR count). The van der Waals surface area contributed by atoms with Crippen molar-refractivity contribution in [2.75, 3.05) is 11.6 Å². The molecule has 1 N–H and O–H groups in total. The summed E-state index contributed by atoms with van der Waals surface area (Å²) in [6.07, 6.45) is 2.23. The molecular weight excluding hydrogens is 422 g/mol. The summed E-state index contributed by atoms with van der Waals surface area (Å²) in [6, 6.07) is 3.54. The molecular formula is C21H25N3O4S2. The first-order chi connectivity index (χ1) is 14.0. The highest BCUT2D eigenvalue weighted by atomic mass is 32.2. The van der Waals surface area contributed by atoms with E-state index < -0.39 is 9.84 Å². The van der Waals surface area contributed by atoms with Gasteiger partial charge in [-0.1, -0.05) is 18.3 Å². The van der Waals surface area contributed by atoms with Crippen LogP contribution in [-0.4, -0.2) is 42.4 Å². The fraction of sp³-hybridized carbons (Fsp3) is 0.476. The average Bonchev–Trinajstić information content (AvgIpc) is 3.12. The number of thiazole rings is 1. The van der Waals surface area contributed by atoms with Gasteiger partial charge in [0.05, 0.1) is 21.0 Å². The molecule has 0 saturated heterocycles. The van der Waals surface area contributed by atoms with E-state index in [0.29, 0.717) is 40.3 Å². The van der Waals surface area contributed by atoms with Crippen molar-refractivity contribution in [2.24, 2.45) is 11.8 Å². The first-order valence-corrected chi connectivity index (χ1v) is 12.6. The number of amides is 2. The van der Waals surface area contributed by atoms with Crippen LogP contribution < -0.4 is 5.32 Å². The number of carbonyl (C=O) groups is 2. The molecule has 7 nitrogen and oxygen atoms in total. The second kappa shape index (κ2) is 7.16. The number of anilines is 1. The number of aromatic nitrogens is 1. The van der Waals surface area contributed by atoms with Crippen LogP contribution in [-0.2, 0) is 21.2 Å². The number of hydrogen-bond donors (Lipinski definition) is 1.